The number of hydrogen-bond acceptors (Lipinski definition) is 4. The standard InChI is InChI=1S/C21H26N2O3S/c1-15(2)16-9-11-17(12-10-16)26-14-21(25)23(3)13-20(24)22-18-7-5-6-8-19(18)27-4/h5-12,15H,13-14H2,1-4H3,(H,22,24). The van der Waals surface area contributed by atoms with E-state index in [-0.39, 0.29) is 25.0 Å². The van der Waals surface area contributed by atoms with Gasteiger partial charge in [-0.2, -0.15) is 0 Å². The number of ether oxygens (including phenoxy) is 1. The van der Waals surface area contributed by atoms with E-state index >= 15 is 0 Å². The summed E-state index contributed by atoms with van der Waals surface area (Å²) < 4.78 is 5.53. The molecule has 0 bridgehead atoms. The highest BCUT2D eigenvalue weighted by Gasteiger charge is 2.14. The second-order valence-electron chi connectivity index (χ2n) is 6.51. The number of para-hydroxylation sites is 1. The quantitative estimate of drug-likeness (QED) is 0.697. The topological polar surface area (TPSA) is 58.6 Å². The maximum absolute atomic E-state index is 12.2. The molecule has 2 amide bonds. The molecule has 2 rings (SSSR count). The Hall–Kier alpha value is -2.47. The van der Waals surface area contributed by atoms with Crippen LogP contribution in [-0.4, -0.2) is 43.2 Å². The first-order valence-electron chi connectivity index (χ1n) is 8.80. The van der Waals surface area contributed by atoms with E-state index in [2.05, 4.69) is 19.2 Å². The van der Waals surface area contributed by atoms with Crippen LogP contribution in [0.5, 0.6) is 5.75 Å². The smallest absolute Gasteiger partial charge is 0.260 e. The summed E-state index contributed by atoms with van der Waals surface area (Å²) >= 11 is 1.56. The Kier molecular flexibility index (Phi) is 7.73. The van der Waals surface area contributed by atoms with Crippen LogP contribution >= 0.6 is 11.8 Å². The minimum Gasteiger partial charge on any atom is -0.484 e. The maximum atomic E-state index is 12.2. The lowest BCUT2D eigenvalue weighted by molar-refractivity contribution is -0.135. The van der Waals surface area contributed by atoms with E-state index in [0.29, 0.717) is 11.7 Å². The molecule has 0 atom stereocenters. The molecular formula is C21H26N2O3S. The largest absolute Gasteiger partial charge is 0.484 e. The van der Waals surface area contributed by atoms with Crippen molar-refractivity contribution < 1.29 is 14.3 Å². The molecule has 0 heterocycles. The van der Waals surface area contributed by atoms with Gasteiger partial charge in [-0.15, -0.1) is 11.8 Å². The number of nitrogens with one attached hydrogen (secondary N) is 1. The van der Waals surface area contributed by atoms with Crippen molar-refractivity contribution in [3.05, 3.63) is 54.1 Å². The van der Waals surface area contributed by atoms with Crippen LogP contribution in [0.4, 0.5) is 5.69 Å². The Bertz CT molecular complexity index is 775. The molecule has 2 aromatic rings. The van der Waals surface area contributed by atoms with Gasteiger partial charge in [0.1, 0.15) is 5.75 Å². The summed E-state index contributed by atoms with van der Waals surface area (Å²) in [7, 11) is 1.59. The van der Waals surface area contributed by atoms with E-state index in [0.717, 1.165) is 10.6 Å². The van der Waals surface area contributed by atoms with Crippen LogP contribution in [0.1, 0.15) is 25.3 Å². The van der Waals surface area contributed by atoms with Crippen molar-refractivity contribution in [3.63, 3.8) is 0 Å². The van der Waals surface area contributed by atoms with Crippen molar-refractivity contribution >= 4 is 29.3 Å². The van der Waals surface area contributed by atoms with Gasteiger partial charge in [0.2, 0.25) is 5.91 Å². The molecule has 6 heteroatoms. The van der Waals surface area contributed by atoms with Crippen molar-refractivity contribution in [1.82, 2.24) is 4.90 Å². The number of nitrogens with zero attached hydrogens (tertiary/aromatic N) is 1. The fourth-order valence-electron chi connectivity index (χ4n) is 2.45. The highest BCUT2D eigenvalue weighted by atomic mass is 32.2. The van der Waals surface area contributed by atoms with Gasteiger partial charge >= 0.3 is 0 Å². The second kappa shape index (κ2) is 10.0. The Morgan fingerprint density at radius 2 is 1.78 bits per heavy atom. The summed E-state index contributed by atoms with van der Waals surface area (Å²) in [5.74, 6) is 0.589. The number of carbonyl (C=O) groups excluding carboxylic acids is 2. The maximum Gasteiger partial charge on any atom is 0.260 e. The zero-order valence-corrected chi connectivity index (χ0v) is 17.0. The molecule has 5 nitrogen and oxygen atoms in total. The Labute approximate surface area is 165 Å². The average Bonchev–Trinajstić information content (AvgIpc) is 2.66. The number of thioether (sulfide) groups is 1. The molecule has 0 fully saturated rings. The molecule has 0 saturated carbocycles. The van der Waals surface area contributed by atoms with Crippen molar-refractivity contribution in [3.8, 4) is 5.75 Å². The molecule has 0 saturated heterocycles. The van der Waals surface area contributed by atoms with Gasteiger partial charge in [0.05, 0.1) is 12.2 Å². The van der Waals surface area contributed by atoms with Gasteiger partial charge in [-0.1, -0.05) is 38.1 Å². The lowest BCUT2D eigenvalue weighted by atomic mass is 10.0. The summed E-state index contributed by atoms with van der Waals surface area (Å²) in [6, 6.07) is 15.3. The van der Waals surface area contributed by atoms with Crippen molar-refractivity contribution in [1.29, 1.82) is 0 Å². The van der Waals surface area contributed by atoms with Gasteiger partial charge in [-0.25, -0.2) is 0 Å². The lowest BCUT2D eigenvalue weighted by Gasteiger charge is -2.18. The Balaban J connectivity index is 1.83. The Morgan fingerprint density at radius 3 is 2.41 bits per heavy atom. The highest BCUT2D eigenvalue weighted by Crippen LogP contribution is 2.24. The average molecular weight is 387 g/mol. The highest BCUT2D eigenvalue weighted by molar-refractivity contribution is 7.98. The van der Waals surface area contributed by atoms with Crippen LogP contribution < -0.4 is 10.1 Å². The van der Waals surface area contributed by atoms with E-state index < -0.39 is 0 Å². The molecule has 0 radical (unpaired) electrons. The molecule has 0 aliphatic rings. The molecule has 144 valence electrons. The fraction of sp³-hybridized carbons (Fsp3) is 0.333. The number of benzene rings is 2. The molecule has 27 heavy (non-hydrogen) atoms. The Morgan fingerprint density at radius 1 is 1.11 bits per heavy atom. The fourth-order valence-corrected chi connectivity index (χ4v) is 3.00. The van der Waals surface area contributed by atoms with E-state index in [9.17, 15) is 9.59 Å². The van der Waals surface area contributed by atoms with Crippen LogP contribution in [0.2, 0.25) is 0 Å². The normalized spacial score (nSPS) is 10.6. The first kappa shape index (κ1) is 20.8. The van der Waals surface area contributed by atoms with Crippen molar-refractivity contribution in [2.75, 3.05) is 31.8 Å². The third-order valence-corrected chi connectivity index (χ3v) is 4.89. The number of amides is 2. The minimum atomic E-state index is -0.253. The van der Waals surface area contributed by atoms with Gasteiger partial charge < -0.3 is 15.0 Å². The number of carbonyl (C=O) groups is 2. The summed E-state index contributed by atoms with van der Waals surface area (Å²) in [6.07, 6.45) is 1.95. The van der Waals surface area contributed by atoms with E-state index in [1.807, 2.05) is 54.8 Å². The first-order chi connectivity index (χ1) is 12.9. The molecule has 0 aromatic heterocycles. The molecule has 0 spiro atoms. The van der Waals surface area contributed by atoms with Gasteiger partial charge in [0, 0.05) is 11.9 Å². The van der Waals surface area contributed by atoms with Crippen LogP contribution in [0.15, 0.2) is 53.4 Å². The number of likely N-dealkylation sites (N-methyl/N-ethyl adjacent to an activating group) is 1. The van der Waals surface area contributed by atoms with Crippen molar-refractivity contribution in [2.24, 2.45) is 0 Å². The van der Waals surface area contributed by atoms with Gasteiger partial charge in [0.15, 0.2) is 6.61 Å². The van der Waals surface area contributed by atoms with Gasteiger partial charge in [-0.05, 0) is 42.0 Å². The number of rotatable bonds is 8. The van der Waals surface area contributed by atoms with Crippen LogP contribution in [0.3, 0.4) is 0 Å². The summed E-state index contributed by atoms with van der Waals surface area (Å²) in [5, 5.41) is 2.84. The third-order valence-electron chi connectivity index (χ3n) is 4.10. The minimum absolute atomic E-state index is 0.0306. The number of anilines is 1. The first-order valence-corrected chi connectivity index (χ1v) is 10.0. The monoisotopic (exact) mass is 386 g/mol. The van der Waals surface area contributed by atoms with E-state index in [1.165, 1.54) is 10.5 Å². The summed E-state index contributed by atoms with van der Waals surface area (Å²) in [5.41, 5.74) is 1.96. The molecular weight excluding hydrogens is 360 g/mol. The zero-order chi connectivity index (χ0) is 19.8. The predicted molar refractivity (Wildman–Crippen MR) is 111 cm³/mol. The zero-order valence-electron chi connectivity index (χ0n) is 16.2. The lowest BCUT2D eigenvalue weighted by Crippen LogP contribution is -2.37. The van der Waals surface area contributed by atoms with Gasteiger partial charge in [-0.3, -0.25) is 9.59 Å². The SMILES string of the molecule is CSc1ccccc1NC(=O)CN(C)C(=O)COc1ccc(C(C)C)cc1. The summed E-state index contributed by atoms with van der Waals surface area (Å²) in [4.78, 5) is 26.8. The van der Waals surface area contributed by atoms with Crippen LogP contribution in [0.25, 0.3) is 0 Å². The van der Waals surface area contributed by atoms with Gasteiger partial charge in [0.25, 0.3) is 5.91 Å². The van der Waals surface area contributed by atoms with Crippen LogP contribution in [-0.2, 0) is 9.59 Å². The molecule has 0 aliphatic carbocycles. The molecule has 0 unspecified atom stereocenters. The second-order valence-corrected chi connectivity index (χ2v) is 7.36. The van der Waals surface area contributed by atoms with Crippen LogP contribution in [0, 0.1) is 0 Å². The third kappa shape index (κ3) is 6.32. The molecule has 1 N–H and O–H groups in total. The van der Waals surface area contributed by atoms with E-state index in [4.69, 9.17) is 4.74 Å². The van der Waals surface area contributed by atoms with Crippen molar-refractivity contribution in [2.45, 2.75) is 24.7 Å². The van der Waals surface area contributed by atoms with E-state index in [1.54, 1.807) is 18.8 Å². The molecule has 2 aromatic carbocycles. The number of hydrogen-bond donors (Lipinski definition) is 1. The predicted octanol–water partition coefficient (Wildman–Crippen LogP) is 4.01. The summed E-state index contributed by atoms with van der Waals surface area (Å²) in [6.45, 7) is 4.11. The molecule has 0 aliphatic heterocycles.